The van der Waals surface area contributed by atoms with Crippen LogP contribution in [0.1, 0.15) is 13.8 Å². The van der Waals surface area contributed by atoms with E-state index in [0.717, 1.165) is 0 Å². The van der Waals surface area contributed by atoms with Gasteiger partial charge in [-0.15, -0.1) is 0 Å². The molecule has 1 rings (SSSR count). The van der Waals surface area contributed by atoms with Crippen LogP contribution in [0.3, 0.4) is 0 Å². The number of carboxylic acid groups (broad SMARTS) is 1. The molecule has 1 aliphatic carbocycles. The average molecular weight is 373 g/mol. The van der Waals surface area contributed by atoms with Crippen molar-refractivity contribution in [1.29, 1.82) is 0 Å². The number of carboxylic acids is 1. The van der Waals surface area contributed by atoms with Gasteiger partial charge in [0.2, 0.25) is 0 Å². The van der Waals surface area contributed by atoms with Gasteiger partial charge in [0.15, 0.2) is 0 Å². The Kier molecular flexibility index (Phi) is 5.05. The van der Waals surface area contributed by atoms with Crippen LogP contribution in [0.25, 0.3) is 0 Å². The molecule has 0 aliphatic heterocycles. The molecule has 1 aliphatic rings. The zero-order valence-corrected chi connectivity index (χ0v) is 12.5. The fourth-order valence-corrected chi connectivity index (χ4v) is 2.24. The highest BCUT2D eigenvalue weighted by molar-refractivity contribution is 6.30. The largest absolute Gasteiger partial charge is 0.481 e. The summed E-state index contributed by atoms with van der Waals surface area (Å²) in [6, 6.07) is 0. The van der Waals surface area contributed by atoms with Crippen molar-refractivity contribution in [1.82, 2.24) is 0 Å². The van der Waals surface area contributed by atoms with Crippen LogP contribution in [0, 0.1) is 17.3 Å². The van der Waals surface area contributed by atoms with Crippen LogP contribution in [0.15, 0.2) is 11.1 Å². The van der Waals surface area contributed by atoms with Crippen molar-refractivity contribution < 1.29 is 45.4 Å². The number of halogens is 8. The van der Waals surface area contributed by atoms with E-state index in [1.54, 1.807) is 0 Å². The minimum atomic E-state index is -6.05. The first-order valence-electron chi connectivity index (χ1n) is 6.11. The van der Waals surface area contributed by atoms with Gasteiger partial charge in [0.1, 0.15) is 11.6 Å². The van der Waals surface area contributed by atoms with Gasteiger partial charge in [-0.25, -0.2) is 0 Å². The Morgan fingerprint density at radius 2 is 1.70 bits per heavy atom. The van der Waals surface area contributed by atoms with Crippen molar-refractivity contribution in [2.24, 2.45) is 17.3 Å². The van der Waals surface area contributed by atoms with E-state index in [4.69, 9.17) is 16.7 Å². The molecule has 0 aromatic carbocycles. The molecule has 0 heterocycles. The van der Waals surface area contributed by atoms with E-state index in [0.29, 0.717) is 6.08 Å². The number of carbonyl (C=O) groups is 1. The number of hydrogen-bond donors (Lipinski definition) is 1. The normalized spacial score (nSPS) is 25.4. The van der Waals surface area contributed by atoms with Crippen molar-refractivity contribution in [3.05, 3.63) is 11.1 Å². The van der Waals surface area contributed by atoms with E-state index in [1.165, 1.54) is 13.8 Å². The Hall–Kier alpha value is -1.03. The SMILES string of the molecule is CC1(C)C(C=C(Cl)C(F)(F)OCC(F)(F)C(F)(F)F)C1C(=O)O. The third-order valence-corrected chi connectivity index (χ3v) is 3.98. The van der Waals surface area contributed by atoms with Crippen molar-refractivity contribution in [3.8, 4) is 0 Å². The van der Waals surface area contributed by atoms with Crippen molar-refractivity contribution in [3.63, 3.8) is 0 Å². The lowest BCUT2D eigenvalue weighted by atomic mass is 10.1. The maximum Gasteiger partial charge on any atom is 0.455 e. The van der Waals surface area contributed by atoms with E-state index in [1.807, 2.05) is 0 Å². The Morgan fingerprint density at radius 1 is 1.22 bits per heavy atom. The highest BCUT2D eigenvalue weighted by Crippen LogP contribution is 2.60. The molecule has 0 bridgehead atoms. The third-order valence-electron chi connectivity index (χ3n) is 3.63. The molecule has 0 saturated heterocycles. The molecule has 0 radical (unpaired) electrons. The fourth-order valence-electron chi connectivity index (χ4n) is 2.05. The van der Waals surface area contributed by atoms with E-state index < -0.39 is 53.1 Å². The van der Waals surface area contributed by atoms with E-state index >= 15 is 0 Å². The predicted molar refractivity (Wildman–Crippen MR) is 64.2 cm³/mol. The van der Waals surface area contributed by atoms with Gasteiger partial charge in [0.25, 0.3) is 0 Å². The molecule has 0 spiro atoms. The first kappa shape index (κ1) is 20.0. The second kappa shape index (κ2) is 5.80. The molecule has 0 amide bonds. The topological polar surface area (TPSA) is 46.5 Å². The van der Waals surface area contributed by atoms with Crippen LogP contribution in [0.5, 0.6) is 0 Å². The molecule has 1 fully saturated rings. The molecule has 11 heteroatoms. The Balaban J connectivity index is 2.81. The van der Waals surface area contributed by atoms with Gasteiger partial charge in [-0.3, -0.25) is 4.79 Å². The van der Waals surface area contributed by atoms with Crippen molar-refractivity contribution in [2.45, 2.75) is 32.1 Å². The molecule has 0 aromatic rings. The summed E-state index contributed by atoms with van der Waals surface area (Å²) in [5.41, 5.74) is -0.905. The number of hydrogen-bond acceptors (Lipinski definition) is 2. The van der Waals surface area contributed by atoms with Crippen molar-refractivity contribution in [2.75, 3.05) is 6.61 Å². The Morgan fingerprint density at radius 3 is 2.04 bits per heavy atom. The molecule has 3 nitrogen and oxygen atoms in total. The third kappa shape index (κ3) is 4.09. The summed E-state index contributed by atoms with van der Waals surface area (Å²) in [4.78, 5) is 10.9. The second-order valence-electron chi connectivity index (χ2n) is 5.69. The average Bonchev–Trinajstić information content (AvgIpc) is 2.87. The quantitative estimate of drug-likeness (QED) is 0.708. The Bertz CT molecular complexity index is 513. The van der Waals surface area contributed by atoms with E-state index in [2.05, 4.69) is 4.74 Å². The van der Waals surface area contributed by atoms with Crippen LogP contribution < -0.4 is 0 Å². The van der Waals surface area contributed by atoms with E-state index in [-0.39, 0.29) is 0 Å². The molecule has 1 N–H and O–H groups in total. The van der Waals surface area contributed by atoms with Gasteiger partial charge in [-0.2, -0.15) is 30.7 Å². The van der Waals surface area contributed by atoms with Crippen molar-refractivity contribution >= 4 is 17.6 Å². The molecule has 134 valence electrons. The monoisotopic (exact) mass is 372 g/mol. The smallest absolute Gasteiger partial charge is 0.455 e. The lowest BCUT2D eigenvalue weighted by Gasteiger charge is -2.23. The maximum atomic E-state index is 13.4. The zero-order valence-electron chi connectivity index (χ0n) is 11.7. The predicted octanol–water partition coefficient (Wildman–Crippen LogP) is 4.27. The van der Waals surface area contributed by atoms with Gasteiger partial charge < -0.3 is 9.84 Å². The molecule has 0 aromatic heterocycles. The molecular weight excluding hydrogens is 361 g/mol. The number of allylic oxidation sites excluding steroid dienone is 1. The van der Waals surface area contributed by atoms with Crippen LogP contribution in [0.2, 0.25) is 0 Å². The molecule has 23 heavy (non-hydrogen) atoms. The second-order valence-corrected chi connectivity index (χ2v) is 6.09. The highest BCUT2D eigenvalue weighted by atomic mass is 35.5. The van der Waals surface area contributed by atoms with Crippen LogP contribution in [-0.2, 0) is 9.53 Å². The van der Waals surface area contributed by atoms with Crippen LogP contribution in [0.4, 0.5) is 30.7 Å². The summed E-state index contributed by atoms with van der Waals surface area (Å²) in [7, 11) is 0. The van der Waals surface area contributed by atoms with Gasteiger partial charge in [0.05, 0.1) is 5.92 Å². The highest BCUT2D eigenvalue weighted by Gasteiger charge is 2.62. The lowest BCUT2D eigenvalue weighted by Crippen LogP contribution is -2.43. The van der Waals surface area contributed by atoms with Gasteiger partial charge in [-0.05, 0) is 11.3 Å². The standard InChI is InChI=1S/C12H12ClF7O3/c1-9(2)5(7(9)8(21)22)3-6(13)11(16,17)23-4-10(14,15)12(18,19)20/h3,5,7H,4H2,1-2H3,(H,21,22). The molecule has 2 atom stereocenters. The summed E-state index contributed by atoms with van der Waals surface area (Å²) in [6.07, 6.45) is -10.0. The number of rotatable bonds is 6. The maximum absolute atomic E-state index is 13.4. The fraction of sp³-hybridized carbons (Fsp3) is 0.750. The summed E-state index contributed by atoms with van der Waals surface area (Å²) >= 11 is 5.21. The molecule has 2 unspecified atom stereocenters. The first-order valence-corrected chi connectivity index (χ1v) is 6.49. The Labute approximate surface area is 131 Å². The summed E-state index contributed by atoms with van der Waals surface area (Å²) in [5, 5.41) is 7.41. The minimum Gasteiger partial charge on any atom is -0.481 e. The summed E-state index contributed by atoms with van der Waals surface area (Å²) < 4.78 is 91.0. The van der Waals surface area contributed by atoms with Crippen LogP contribution in [-0.4, -0.2) is 35.9 Å². The first-order chi connectivity index (χ1) is 10.0. The zero-order chi connectivity index (χ0) is 18.4. The summed E-state index contributed by atoms with van der Waals surface area (Å²) in [6.45, 7) is 0.284. The number of ether oxygens (including phenoxy) is 1. The number of alkyl halides is 7. The summed E-state index contributed by atoms with van der Waals surface area (Å²) in [5.74, 6) is -8.70. The lowest BCUT2D eigenvalue weighted by molar-refractivity contribution is -0.323. The minimum absolute atomic E-state index is 0.603. The molecular formula is C12H12ClF7O3. The number of aliphatic carboxylic acids is 1. The van der Waals surface area contributed by atoms with Gasteiger partial charge in [-0.1, -0.05) is 31.5 Å². The van der Waals surface area contributed by atoms with Gasteiger partial charge >= 0.3 is 24.2 Å². The van der Waals surface area contributed by atoms with E-state index in [9.17, 15) is 35.5 Å². The van der Waals surface area contributed by atoms with Gasteiger partial charge in [0, 0.05) is 0 Å². The van der Waals surface area contributed by atoms with Crippen LogP contribution >= 0.6 is 11.6 Å². The molecule has 1 saturated carbocycles.